The number of non-ortho nitro benzene ring substituents is 1. The van der Waals surface area contributed by atoms with Crippen molar-refractivity contribution in [2.24, 2.45) is 5.41 Å². The molecule has 0 saturated carbocycles. The highest BCUT2D eigenvalue weighted by atomic mass is 16.6. The lowest BCUT2D eigenvalue weighted by atomic mass is 9.89. The Morgan fingerprint density at radius 2 is 2.14 bits per heavy atom. The van der Waals surface area contributed by atoms with Gasteiger partial charge in [-0.25, -0.2) is 0 Å². The van der Waals surface area contributed by atoms with Crippen molar-refractivity contribution in [2.45, 2.75) is 33.1 Å². The van der Waals surface area contributed by atoms with Crippen molar-refractivity contribution in [1.82, 2.24) is 5.32 Å². The van der Waals surface area contributed by atoms with Gasteiger partial charge in [0.1, 0.15) is 0 Å². The van der Waals surface area contributed by atoms with Crippen molar-refractivity contribution in [3.8, 4) is 0 Å². The zero-order valence-corrected chi connectivity index (χ0v) is 12.6. The Hall–Kier alpha value is -1.95. The minimum Gasteiger partial charge on any atom is -0.396 e. The number of amides is 1. The molecule has 0 spiro atoms. The van der Waals surface area contributed by atoms with E-state index in [9.17, 15) is 14.9 Å². The lowest BCUT2D eigenvalue weighted by molar-refractivity contribution is -0.384. The first-order valence-electron chi connectivity index (χ1n) is 6.90. The van der Waals surface area contributed by atoms with Crippen LogP contribution in [0, 0.1) is 15.5 Å². The molecule has 21 heavy (non-hydrogen) atoms. The van der Waals surface area contributed by atoms with Crippen LogP contribution in [0.1, 0.15) is 38.7 Å². The van der Waals surface area contributed by atoms with E-state index in [1.165, 1.54) is 12.1 Å². The lowest BCUT2D eigenvalue weighted by Gasteiger charge is -2.25. The van der Waals surface area contributed by atoms with Crippen molar-refractivity contribution in [3.05, 3.63) is 39.9 Å². The van der Waals surface area contributed by atoms with Crippen molar-refractivity contribution < 1.29 is 14.8 Å². The van der Waals surface area contributed by atoms with E-state index in [0.717, 1.165) is 0 Å². The fraction of sp³-hybridized carbons (Fsp3) is 0.533. The molecule has 1 unspecified atom stereocenters. The van der Waals surface area contributed by atoms with E-state index in [1.807, 2.05) is 13.8 Å². The van der Waals surface area contributed by atoms with Gasteiger partial charge in [-0.15, -0.1) is 0 Å². The predicted octanol–water partition coefficient (Wildman–Crippen LogP) is 2.22. The van der Waals surface area contributed by atoms with Gasteiger partial charge < -0.3 is 10.4 Å². The smallest absolute Gasteiger partial charge is 0.269 e. The van der Waals surface area contributed by atoms with Crippen LogP contribution in [-0.2, 0) is 4.79 Å². The van der Waals surface area contributed by atoms with Gasteiger partial charge in [0.2, 0.25) is 5.91 Å². The number of aliphatic hydroxyl groups excluding tert-OH is 1. The van der Waals surface area contributed by atoms with Crippen LogP contribution in [0.3, 0.4) is 0 Å². The summed E-state index contributed by atoms with van der Waals surface area (Å²) in [6, 6.07) is 6.10. The summed E-state index contributed by atoms with van der Waals surface area (Å²) >= 11 is 0. The Balaban J connectivity index is 2.70. The maximum atomic E-state index is 12.1. The van der Waals surface area contributed by atoms with Crippen molar-refractivity contribution in [1.29, 1.82) is 0 Å². The van der Waals surface area contributed by atoms with E-state index in [4.69, 9.17) is 5.11 Å². The van der Waals surface area contributed by atoms with Gasteiger partial charge in [0.05, 0.1) is 10.8 Å². The van der Waals surface area contributed by atoms with Crippen LogP contribution >= 0.6 is 0 Å². The van der Waals surface area contributed by atoms with Gasteiger partial charge in [-0.2, -0.15) is 0 Å². The van der Waals surface area contributed by atoms with Crippen LogP contribution in [0.5, 0.6) is 0 Å². The van der Waals surface area contributed by atoms with Crippen molar-refractivity contribution in [2.75, 3.05) is 13.2 Å². The summed E-state index contributed by atoms with van der Waals surface area (Å²) in [6.07, 6.45) is 0.596. The molecule has 0 fully saturated rings. The topological polar surface area (TPSA) is 92.5 Å². The standard InChI is InChI=1S/C15H22N2O4/c1-11(12-5-4-6-13(9-12)17(20)21)14(19)16-10-15(2,3)7-8-18/h4-6,9,11,18H,7-8,10H2,1-3H3,(H,16,19). The Morgan fingerprint density at radius 3 is 2.71 bits per heavy atom. The molecule has 0 aromatic heterocycles. The van der Waals surface area contributed by atoms with Gasteiger partial charge in [0.15, 0.2) is 0 Å². The molecule has 6 nitrogen and oxygen atoms in total. The maximum absolute atomic E-state index is 12.1. The zero-order valence-electron chi connectivity index (χ0n) is 12.6. The number of hydrogen-bond acceptors (Lipinski definition) is 4. The number of rotatable bonds is 7. The van der Waals surface area contributed by atoms with E-state index in [2.05, 4.69) is 5.32 Å². The molecule has 0 aliphatic rings. The molecule has 0 heterocycles. The first-order chi connectivity index (χ1) is 9.76. The molecule has 2 N–H and O–H groups in total. The molecule has 0 aliphatic heterocycles. The number of nitro groups is 1. The van der Waals surface area contributed by atoms with Crippen molar-refractivity contribution in [3.63, 3.8) is 0 Å². The van der Waals surface area contributed by atoms with Gasteiger partial charge >= 0.3 is 0 Å². The highest BCUT2D eigenvalue weighted by Gasteiger charge is 2.22. The first kappa shape index (κ1) is 17.1. The van der Waals surface area contributed by atoms with Gasteiger partial charge in [-0.05, 0) is 24.3 Å². The first-order valence-corrected chi connectivity index (χ1v) is 6.90. The number of benzene rings is 1. The molecule has 0 radical (unpaired) electrons. The molecule has 0 aliphatic carbocycles. The van der Waals surface area contributed by atoms with Crippen LogP contribution in [-0.4, -0.2) is 29.1 Å². The van der Waals surface area contributed by atoms with E-state index in [0.29, 0.717) is 18.5 Å². The Bertz CT molecular complexity index is 514. The summed E-state index contributed by atoms with van der Waals surface area (Å²) in [7, 11) is 0. The van der Waals surface area contributed by atoms with Crippen LogP contribution in [0.15, 0.2) is 24.3 Å². The molecule has 1 amide bonds. The monoisotopic (exact) mass is 294 g/mol. The average molecular weight is 294 g/mol. The number of hydrogen-bond donors (Lipinski definition) is 2. The van der Waals surface area contributed by atoms with Gasteiger partial charge in [-0.1, -0.05) is 26.0 Å². The number of carbonyl (C=O) groups excluding carboxylic acids is 1. The minimum atomic E-state index is -0.474. The molecule has 0 bridgehead atoms. The third kappa shape index (κ3) is 5.15. The molecule has 1 atom stereocenters. The van der Waals surface area contributed by atoms with E-state index in [1.54, 1.807) is 19.1 Å². The summed E-state index contributed by atoms with van der Waals surface area (Å²) in [5.41, 5.74) is 0.404. The van der Waals surface area contributed by atoms with Crippen LogP contribution in [0.25, 0.3) is 0 Å². The molecular formula is C15H22N2O4. The zero-order chi connectivity index (χ0) is 16.0. The Kier molecular flexibility index (Phi) is 5.84. The number of nitro benzene ring substituents is 1. The normalized spacial score (nSPS) is 12.8. The summed E-state index contributed by atoms with van der Waals surface area (Å²) < 4.78 is 0. The summed E-state index contributed by atoms with van der Waals surface area (Å²) in [4.78, 5) is 22.4. The van der Waals surface area contributed by atoms with E-state index in [-0.39, 0.29) is 23.6 Å². The summed E-state index contributed by atoms with van der Waals surface area (Å²) in [5, 5.41) is 22.6. The van der Waals surface area contributed by atoms with Gasteiger partial charge in [0, 0.05) is 25.3 Å². The maximum Gasteiger partial charge on any atom is 0.269 e. The van der Waals surface area contributed by atoms with Crippen LogP contribution < -0.4 is 5.32 Å². The Labute approximate surface area is 124 Å². The Morgan fingerprint density at radius 1 is 1.48 bits per heavy atom. The minimum absolute atomic E-state index is 0.0206. The van der Waals surface area contributed by atoms with E-state index >= 15 is 0 Å². The third-order valence-electron chi connectivity index (χ3n) is 3.50. The molecular weight excluding hydrogens is 272 g/mol. The fourth-order valence-corrected chi connectivity index (χ4v) is 1.93. The largest absolute Gasteiger partial charge is 0.396 e. The summed E-state index contributed by atoms with van der Waals surface area (Å²) in [6.45, 7) is 6.16. The van der Waals surface area contributed by atoms with Crippen LogP contribution in [0.2, 0.25) is 0 Å². The highest BCUT2D eigenvalue weighted by molar-refractivity contribution is 5.83. The molecule has 116 valence electrons. The molecule has 1 aromatic rings. The van der Waals surface area contributed by atoms with Crippen LogP contribution in [0.4, 0.5) is 5.69 Å². The van der Waals surface area contributed by atoms with Crippen molar-refractivity contribution >= 4 is 11.6 Å². The molecule has 0 saturated heterocycles. The second kappa shape index (κ2) is 7.17. The number of carbonyl (C=O) groups is 1. The van der Waals surface area contributed by atoms with Gasteiger partial charge in [0.25, 0.3) is 5.69 Å². The molecule has 1 rings (SSSR count). The third-order valence-corrected chi connectivity index (χ3v) is 3.50. The second-order valence-electron chi connectivity index (χ2n) is 5.93. The fourth-order valence-electron chi connectivity index (χ4n) is 1.93. The number of aliphatic hydroxyl groups is 1. The van der Waals surface area contributed by atoms with Gasteiger partial charge in [-0.3, -0.25) is 14.9 Å². The second-order valence-corrected chi connectivity index (χ2v) is 5.93. The number of nitrogens with zero attached hydrogens (tertiary/aromatic N) is 1. The quantitative estimate of drug-likeness (QED) is 0.595. The average Bonchev–Trinajstić information content (AvgIpc) is 2.44. The highest BCUT2D eigenvalue weighted by Crippen LogP contribution is 2.22. The molecule has 6 heteroatoms. The SMILES string of the molecule is CC(C(=O)NCC(C)(C)CCO)c1cccc([N+](=O)[O-])c1. The lowest BCUT2D eigenvalue weighted by Crippen LogP contribution is -2.36. The predicted molar refractivity (Wildman–Crippen MR) is 80.0 cm³/mol. The molecule has 1 aromatic carbocycles. The van der Waals surface area contributed by atoms with E-state index < -0.39 is 10.8 Å². The number of nitrogens with one attached hydrogen (secondary N) is 1. The summed E-state index contributed by atoms with van der Waals surface area (Å²) in [5.74, 6) is -0.642.